The molecule has 6 heteroatoms. The Kier molecular flexibility index (Phi) is 8.22. The van der Waals surface area contributed by atoms with Crippen LogP contribution in [0.4, 0.5) is 0 Å². The van der Waals surface area contributed by atoms with E-state index >= 15 is 0 Å². The van der Waals surface area contributed by atoms with E-state index in [0.29, 0.717) is 0 Å². The summed E-state index contributed by atoms with van der Waals surface area (Å²) in [6, 6.07) is 5.48. The monoisotopic (exact) mass is 224 g/mol. The molecule has 0 unspecified atom stereocenters. The Labute approximate surface area is 122 Å². The molecule has 0 bridgehead atoms. The third kappa shape index (κ3) is 3.87. The first-order valence-corrected chi connectivity index (χ1v) is 3.18. The summed E-state index contributed by atoms with van der Waals surface area (Å²) in [5.41, 5.74) is -0.380. The molecular weight excluding hydrogens is 215 g/mol. The molecule has 1 rings (SSSR count). The summed E-state index contributed by atoms with van der Waals surface area (Å²) in [5, 5.41) is 17.1. The molecule has 1 aromatic carbocycles. The van der Waals surface area contributed by atoms with E-state index in [1.54, 1.807) is 0 Å². The van der Waals surface area contributed by atoms with Crippen LogP contribution in [0.15, 0.2) is 24.3 Å². The maximum absolute atomic E-state index is 10.5. The van der Waals surface area contributed by atoms with Crippen molar-refractivity contribution in [3.8, 4) is 0 Å². The van der Waals surface area contributed by atoms with Crippen LogP contribution >= 0.6 is 0 Å². The van der Waals surface area contributed by atoms with Gasteiger partial charge >= 0.3 is 63.3 Å². The minimum atomic E-state index is -1.23. The molecule has 0 aromatic heterocycles. The SMILES string of the molecule is O.O=C(O)c1ccccc1C(=O)O.[KH]. The van der Waals surface area contributed by atoms with Crippen LogP contribution in [-0.2, 0) is 0 Å². The summed E-state index contributed by atoms with van der Waals surface area (Å²) in [7, 11) is 0. The number of carboxylic acid groups (broad SMARTS) is 2. The van der Waals surface area contributed by atoms with Gasteiger partial charge in [-0.1, -0.05) is 12.1 Å². The molecule has 0 aliphatic carbocycles. The third-order valence-corrected chi connectivity index (χ3v) is 1.39. The first-order valence-electron chi connectivity index (χ1n) is 3.18. The molecule has 0 aliphatic heterocycles. The van der Waals surface area contributed by atoms with Crippen LogP contribution in [0.1, 0.15) is 20.7 Å². The number of hydrogen-bond acceptors (Lipinski definition) is 2. The van der Waals surface area contributed by atoms with Gasteiger partial charge in [-0.2, -0.15) is 0 Å². The first-order chi connectivity index (χ1) is 5.63. The molecule has 1 aromatic rings. The Hall–Kier alpha value is -0.244. The van der Waals surface area contributed by atoms with Crippen LogP contribution in [0.3, 0.4) is 0 Å². The van der Waals surface area contributed by atoms with E-state index < -0.39 is 11.9 Å². The summed E-state index contributed by atoms with van der Waals surface area (Å²) in [6.45, 7) is 0. The Morgan fingerprint density at radius 3 is 1.43 bits per heavy atom. The fourth-order valence-corrected chi connectivity index (χ4v) is 0.856. The zero-order chi connectivity index (χ0) is 9.14. The molecule has 0 heterocycles. The van der Waals surface area contributed by atoms with Crippen molar-refractivity contribution in [1.29, 1.82) is 0 Å². The Balaban J connectivity index is 0. The van der Waals surface area contributed by atoms with E-state index in [1.807, 2.05) is 0 Å². The Morgan fingerprint density at radius 2 is 1.21 bits per heavy atom. The van der Waals surface area contributed by atoms with Crippen LogP contribution in [0.2, 0.25) is 0 Å². The van der Waals surface area contributed by atoms with Gasteiger partial charge in [0.25, 0.3) is 0 Å². The maximum atomic E-state index is 10.5. The van der Waals surface area contributed by atoms with Gasteiger partial charge in [-0.3, -0.25) is 0 Å². The molecular formula is C8H9KO5. The van der Waals surface area contributed by atoms with Gasteiger partial charge in [0.2, 0.25) is 0 Å². The minimum absolute atomic E-state index is 0. The number of hydrogen-bond donors (Lipinski definition) is 2. The Bertz CT molecular complexity index is 303. The van der Waals surface area contributed by atoms with Crippen molar-refractivity contribution in [1.82, 2.24) is 0 Å². The first kappa shape index (κ1) is 16.2. The second-order valence-corrected chi connectivity index (χ2v) is 2.16. The van der Waals surface area contributed by atoms with Crippen LogP contribution in [0.25, 0.3) is 0 Å². The molecule has 0 aliphatic rings. The van der Waals surface area contributed by atoms with Crippen molar-refractivity contribution < 1.29 is 25.3 Å². The van der Waals surface area contributed by atoms with E-state index in [1.165, 1.54) is 24.3 Å². The topological polar surface area (TPSA) is 106 Å². The second kappa shape index (κ2) is 7.10. The summed E-state index contributed by atoms with van der Waals surface area (Å²) < 4.78 is 0. The van der Waals surface area contributed by atoms with Crippen molar-refractivity contribution in [3.63, 3.8) is 0 Å². The number of carbonyl (C=O) groups is 2. The molecule has 5 nitrogen and oxygen atoms in total. The van der Waals surface area contributed by atoms with Gasteiger partial charge < -0.3 is 15.7 Å². The van der Waals surface area contributed by atoms with Crippen LogP contribution < -0.4 is 0 Å². The van der Waals surface area contributed by atoms with Gasteiger partial charge in [-0.05, 0) is 12.1 Å². The van der Waals surface area contributed by atoms with Gasteiger partial charge in [0.05, 0.1) is 11.1 Å². The Morgan fingerprint density at radius 1 is 0.929 bits per heavy atom. The predicted molar refractivity (Wildman–Crippen MR) is 51.1 cm³/mol. The number of rotatable bonds is 2. The zero-order valence-electron chi connectivity index (χ0n) is 6.52. The molecule has 14 heavy (non-hydrogen) atoms. The summed E-state index contributed by atoms with van der Waals surface area (Å²) >= 11 is 0. The van der Waals surface area contributed by atoms with Crippen LogP contribution in [0, 0.1) is 0 Å². The summed E-state index contributed by atoms with van der Waals surface area (Å²) in [6.07, 6.45) is 0. The van der Waals surface area contributed by atoms with Crippen LogP contribution in [-0.4, -0.2) is 79.0 Å². The third-order valence-electron chi connectivity index (χ3n) is 1.39. The number of carboxylic acids is 2. The zero-order valence-corrected chi connectivity index (χ0v) is 6.52. The van der Waals surface area contributed by atoms with E-state index in [9.17, 15) is 9.59 Å². The van der Waals surface area contributed by atoms with Crippen molar-refractivity contribution in [2.45, 2.75) is 0 Å². The fraction of sp³-hybridized carbons (Fsp3) is 0. The van der Waals surface area contributed by atoms with Gasteiger partial charge in [0.1, 0.15) is 0 Å². The van der Waals surface area contributed by atoms with E-state index in [-0.39, 0.29) is 68.0 Å². The molecule has 0 radical (unpaired) electrons. The molecule has 0 spiro atoms. The van der Waals surface area contributed by atoms with Crippen molar-refractivity contribution in [3.05, 3.63) is 35.4 Å². The average molecular weight is 224 g/mol. The molecule has 0 saturated heterocycles. The molecule has 4 N–H and O–H groups in total. The predicted octanol–water partition coefficient (Wildman–Crippen LogP) is -0.390. The quantitative estimate of drug-likeness (QED) is 0.667. The second-order valence-electron chi connectivity index (χ2n) is 2.16. The summed E-state index contributed by atoms with van der Waals surface area (Å²) in [4.78, 5) is 20.9. The molecule has 72 valence electrons. The van der Waals surface area contributed by atoms with Gasteiger partial charge in [-0.15, -0.1) is 0 Å². The van der Waals surface area contributed by atoms with E-state index in [0.717, 1.165) is 0 Å². The number of benzene rings is 1. The van der Waals surface area contributed by atoms with Crippen molar-refractivity contribution in [2.75, 3.05) is 0 Å². The van der Waals surface area contributed by atoms with Gasteiger partial charge in [0, 0.05) is 0 Å². The van der Waals surface area contributed by atoms with E-state index in [4.69, 9.17) is 10.2 Å². The molecule has 0 fully saturated rings. The van der Waals surface area contributed by atoms with Crippen molar-refractivity contribution >= 4 is 63.3 Å². The van der Waals surface area contributed by atoms with Crippen molar-refractivity contribution in [2.24, 2.45) is 0 Å². The van der Waals surface area contributed by atoms with E-state index in [2.05, 4.69) is 0 Å². The van der Waals surface area contributed by atoms with Gasteiger partial charge in [0.15, 0.2) is 0 Å². The number of aromatic carboxylic acids is 2. The van der Waals surface area contributed by atoms with Gasteiger partial charge in [-0.25, -0.2) is 9.59 Å². The molecule has 0 amide bonds. The van der Waals surface area contributed by atoms with Crippen LogP contribution in [0.5, 0.6) is 0 Å². The summed E-state index contributed by atoms with van der Waals surface area (Å²) in [5.74, 6) is -2.46. The molecule has 0 saturated carbocycles. The fourth-order valence-electron chi connectivity index (χ4n) is 0.856. The normalized spacial score (nSPS) is 8.00. The average Bonchev–Trinajstić information content (AvgIpc) is 2.04. The standard InChI is InChI=1S/C8H6O4.K.H2O.H/c9-7(10)5-3-1-2-4-6(5)8(11)12;;;/h1-4H,(H,9,10)(H,11,12);;1H2;. The molecule has 0 atom stereocenters.